The average molecular weight is 273 g/mol. The van der Waals surface area contributed by atoms with Crippen molar-refractivity contribution in [3.05, 3.63) is 39.6 Å². The van der Waals surface area contributed by atoms with Crippen LogP contribution in [0.4, 0.5) is 4.39 Å². The van der Waals surface area contributed by atoms with Gasteiger partial charge in [-0.05, 0) is 37.6 Å². The maximum atomic E-state index is 13.4. The highest BCUT2D eigenvalue weighted by Gasteiger charge is 2.11. The van der Waals surface area contributed by atoms with Crippen LogP contribution in [0.25, 0.3) is 5.57 Å². The third-order valence-corrected chi connectivity index (χ3v) is 2.71. The number of hydrogen-bond acceptors (Lipinski definition) is 1. The molecule has 1 aromatic carbocycles. The molecule has 2 nitrogen and oxygen atoms in total. The molecule has 0 aliphatic heterocycles. The van der Waals surface area contributed by atoms with Crippen LogP contribution in [0.15, 0.2) is 28.2 Å². The maximum absolute atomic E-state index is 13.4. The summed E-state index contributed by atoms with van der Waals surface area (Å²) in [5, 5.41) is 8.78. The molecule has 0 heterocycles. The zero-order chi connectivity index (χ0) is 11.6. The molecule has 0 aromatic heterocycles. The number of hydrogen-bond donors (Lipinski definition) is 1. The van der Waals surface area contributed by atoms with Crippen LogP contribution in [0.5, 0.6) is 0 Å². The quantitative estimate of drug-likeness (QED) is 0.838. The summed E-state index contributed by atoms with van der Waals surface area (Å²) in [5.41, 5.74) is 0.887. The van der Waals surface area contributed by atoms with E-state index in [2.05, 4.69) is 15.9 Å². The molecule has 0 bridgehead atoms. The molecule has 0 atom stereocenters. The van der Waals surface area contributed by atoms with E-state index in [1.807, 2.05) is 0 Å². The van der Waals surface area contributed by atoms with E-state index in [1.54, 1.807) is 19.1 Å². The van der Waals surface area contributed by atoms with E-state index in [0.717, 1.165) is 4.47 Å². The first-order valence-corrected chi connectivity index (χ1v) is 5.09. The predicted molar refractivity (Wildman–Crippen MR) is 60.0 cm³/mol. The standard InChI is InChI=1S/C11H10BrFO2/c1-6(7(2)11(14)15)9-5-8(12)3-4-10(9)13/h3-5H,1-2H3,(H,14,15)/b7-6+. The molecule has 0 radical (unpaired) electrons. The maximum Gasteiger partial charge on any atom is 0.331 e. The van der Waals surface area contributed by atoms with Crippen molar-refractivity contribution in [2.45, 2.75) is 13.8 Å². The van der Waals surface area contributed by atoms with Crippen LogP contribution in [0.2, 0.25) is 0 Å². The van der Waals surface area contributed by atoms with Gasteiger partial charge in [-0.3, -0.25) is 0 Å². The van der Waals surface area contributed by atoms with Crippen LogP contribution in [0.1, 0.15) is 19.4 Å². The van der Waals surface area contributed by atoms with Crippen molar-refractivity contribution in [1.82, 2.24) is 0 Å². The Morgan fingerprint density at radius 1 is 1.40 bits per heavy atom. The monoisotopic (exact) mass is 272 g/mol. The molecule has 0 aliphatic carbocycles. The molecule has 80 valence electrons. The SMILES string of the molecule is C/C(C(=O)O)=C(/C)c1cc(Br)ccc1F. The highest BCUT2D eigenvalue weighted by atomic mass is 79.9. The van der Waals surface area contributed by atoms with Crippen LogP contribution in [-0.4, -0.2) is 11.1 Å². The lowest BCUT2D eigenvalue weighted by molar-refractivity contribution is -0.132. The minimum atomic E-state index is -1.04. The molecule has 15 heavy (non-hydrogen) atoms. The van der Waals surface area contributed by atoms with E-state index in [-0.39, 0.29) is 5.57 Å². The largest absolute Gasteiger partial charge is 0.478 e. The fourth-order valence-corrected chi connectivity index (χ4v) is 1.51. The molecule has 4 heteroatoms. The van der Waals surface area contributed by atoms with Gasteiger partial charge < -0.3 is 5.11 Å². The van der Waals surface area contributed by atoms with Gasteiger partial charge in [-0.25, -0.2) is 9.18 Å². The van der Waals surface area contributed by atoms with Gasteiger partial charge >= 0.3 is 5.97 Å². The van der Waals surface area contributed by atoms with E-state index in [9.17, 15) is 9.18 Å². The first-order valence-electron chi connectivity index (χ1n) is 4.29. The molecule has 1 rings (SSSR count). The molecule has 1 aromatic rings. The second kappa shape index (κ2) is 4.57. The van der Waals surface area contributed by atoms with Gasteiger partial charge in [-0.15, -0.1) is 0 Å². The number of aliphatic carboxylic acids is 1. The summed E-state index contributed by atoms with van der Waals surface area (Å²) >= 11 is 3.21. The second-order valence-electron chi connectivity index (χ2n) is 3.18. The summed E-state index contributed by atoms with van der Waals surface area (Å²) in [4.78, 5) is 10.7. The number of allylic oxidation sites excluding steroid dienone is 1. The lowest BCUT2D eigenvalue weighted by atomic mass is 10.0. The summed E-state index contributed by atoms with van der Waals surface area (Å²) in [6.07, 6.45) is 0. The Bertz CT molecular complexity index is 438. The molecule has 1 N–H and O–H groups in total. The number of benzene rings is 1. The van der Waals surface area contributed by atoms with Gasteiger partial charge in [0, 0.05) is 15.6 Å². The van der Waals surface area contributed by atoms with Gasteiger partial charge in [0.25, 0.3) is 0 Å². The molecule has 0 aliphatic rings. The predicted octanol–water partition coefficient (Wildman–Crippen LogP) is 3.47. The van der Waals surface area contributed by atoms with E-state index in [1.165, 1.54) is 13.0 Å². The van der Waals surface area contributed by atoms with Crippen molar-refractivity contribution in [3.63, 3.8) is 0 Å². The number of carboxylic acids is 1. The first kappa shape index (κ1) is 11.9. The Labute approximate surface area is 95.6 Å². The van der Waals surface area contributed by atoms with Crippen molar-refractivity contribution in [2.75, 3.05) is 0 Å². The van der Waals surface area contributed by atoms with E-state index in [4.69, 9.17) is 5.11 Å². The van der Waals surface area contributed by atoms with E-state index >= 15 is 0 Å². The summed E-state index contributed by atoms with van der Waals surface area (Å²) in [6.45, 7) is 3.05. The molecule has 0 fully saturated rings. The normalized spacial score (nSPS) is 12.3. The van der Waals surface area contributed by atoms with Gasteiger partial charge in [0.1, 0.15) is 5.82 Å². The zero-order valence-electron chi connectivity index (χ0n) is 8.34. The molecule has 0 unspecified atom stereocenters. The van der Waals surface area contributed by atoms with Gasteiger partial charge in [0.05, 0.1) is 0 Å². The van der Waals surface area contributed by atoms with E-state index in [0.29, 0.717) is 11.1 Å². The van der Waals surface area contributed by atoms with Crippen LogP contribution in [0.3, 0.4) is 0 Å². The lowest BCUT2D eigenvalue weighted by Gasteiger charge is -2.06. The molecule has 0 saturated heterocycles. The van der Waals surface area contributed by atoms with Crippen molar-refractivity contribution in [1.29, 1.82) is 0 Å². The van der Waals surface area contributed by atoms with Crippen LogP contribution < -0.4 is 0 Å². The van der Waals surface area contributed by atoms with Crippen LogP contribution >= 0.6 is 15.9 Å². The Hall–Kier alpha value is -1.16. The Kier molecular flexibility index (Phi) is 3.63. The van der Waals surface area contributed by atoms with Crippen LogP contribution in [0, 0.1) is 5.82 Å². The van der Waals surface area contributed by atoms with E-state index < -0.39 is 11.8 Å². The first-order chi connectivity index (χ1) is 6.93. The second-order valence-corrected chi connectivity index (χ2v) is 4.09. The van der Waals surface area contributed by atoms with Crippen molar-refractivity contribution >= 4 is 27.5 Å². The summed E-state index contributed by atoms with van der Waals surface area (Å²) in [6, 6.07) is 4.44. The van der Waals surface area contributed by atoms with Gasteiger partial charge in [0.2, 0.25) is 0 Å². The highest BCUT2D eigenvalue weighted by Crippen LogP contribution is 2.24. The highest BCUT2D eigenvalue weighted by molar-refractivity contribution is 9.10. The third kappa shape index (κ3) is 2.65. The minimum absolute atomic E-state index is 0.145. The average Bonchev–Trinajstić information content (AvgIpc) is 2.19. The molecule has 0 amide bonds. The van der Waals surface area contributed by atoms with Gasteiger partial charge in [-0.1, -0.05) is 15.9 Å². The van der Waals surface area contributed by atoms with Gasteiger partial charge in [-0.2, -0.15) is 0 Å². The number of carbonyl (C=O) groups is 1. The Morgan fingerprint density at radius 2 is 2.00 bits per heavy atom. The number of carboxylic acid groups (broad SMARTS) is 1. The smallest absolute Gasteiger partial charge is 0.331 e. The van der Waals surface area contributed by atoms with Crippen molar-refractivity contribution < 1.29 is 14.3 Å². The summed E-state index contributed by atoms with van der Waals surface area (Å²) < 4.78 is 14.1. The Balaban J connectivity index is 3.33. The zero-order valence-corrected chi connectivity index (χ0v) is 9.93. The molecular weight excluding hydrogens is 263 g/mol. The van der Waals surface area contributed by atoms with Crippen LogP contribution in [-0.2, 0) is 4.79 Å². The summed E-state index contributed by atoms with van der Waals surface area (Å²) in [5.74, 6) is -1.46. The molecular formula is C11H10BrFO2. The minimum Gasteiger partial charge on any atom is -0.478 e. The fourth-order valence-electron chi connectivity index (χ4n) is 1.15. The Morgan fingerprint density at radius 3 is 2.53 bits per heavy atom. The summed E-state index contributed by atoms with van der Waals surface area (Å²) in [7, 11) is 0. The lowest BCUT2D eigenvalue weighted by Crippen LogP contribution is -2.00. The topological polar surface area (TPSA) is 37.3 Å². The van der Waals surface area contributed by atoms with Gasteiger partial charge in [0.15, 0.2) is 0 Å². The molecule has 0 saturated carbocycles. The molecule has 0 spiro atoms. The number of halogens is 2. The van der Waals surface area contributed by atoms with Crippen molar-refractivity contribution in [3.8, 4) is 0 Å². The number of rotatable bonds is 2. The third-order valence-electron chi connectivity index (χ3n) is 2.22. The fraction of sp³-hybridized carbons (Fsp3) is 0.182. The van der Waals surface area contributed by atoms with Crippen molar-refractivity contribution in [2.24, 2.45) is 0 Å².